The van der Waals surface area contributed by atoms with E-state index >= 15 is 0 Å². The molecule has 0 saturated carbocycles. The van der Waals surface area contributed by atoms with E-state index in [1.807, 2.05) is 69.3 Å². The van der Waals surface area contributed by atoms with Crippen molar-refractivity contribution in [2.24, 2.45) is 5.92 Å². The number of fused-ring (bicyclic) bond motifs is 1. The normalized spacial score (nSPS) is 20.5. The van der Waals surface area contributed by atoms with Crippen LogP contribution in [0, 0.1) is 5.92 Å². The van der Waals surface area contributed by atoms with Gasteiger partial charge in [0.15, 0.2) is 11.5 Å². The minimum Gasteiger partial charge on any atom is -0.462 e. The fourth-order valence-electron chi connectivity index (χ4n) is 4.08. The van der Waals surface area contributed by atoms with Crippen molar-refractivity contribution in [3.05, 3.63) is 59.7 Å². The first kappa shape index (κ1) is 22.0. The van der Waals surface area contributed by atoms with Crippen molar-refractivity contribution in [2.45, 2.75) is 57.8 Å². The van der Waals surface area contributed by atoms with Crippen molar-refractivity contribution in [1.29, 1.82) is 0 Å². The number of carbonyl (C=O) groups is 2. The Morgan fingerprint density at radius 1 is 1.09 bits per heavy atom. The third-order valence-corrected chi connectivity index (χ3v) is 5.49. The Morgan fingerprint density at radius 2 is 1.84 bits per heavy atom. The van der Waals surface area contributed by atoms with Crippen LogP contribution in [-0.2, 0) is 27.1 Å². The van der Waals surface area contributed by atoms with Gasteiger partial charge in [-0.05, 0) is 56.9 Å². The van der Waals surface area contributed by atoms with Gasteiger partial charge in [0.2, 0.25) is 6.79 Å². The summed E-state index contributed by atoms with van der Waals surface area (Å²) in [5.74, 6) is 0.672. The van der Waals surface area contributed by atoms with Gasteiger partial charge < -0.3 is 24.3 Å². The number of hydrogen-bond acceptors (Lipinski definition) is 6. The van der Waals surface area contributed by atoms with Gasteiger partial charge in [0.25, 0.3) is 0 Å². The molecule has 2 heterocycles. The van der Waals surface area contributed by atoms with Crippen LogP contribution in [0.4, 0.5) is 4.79 Å². The minimum absolute atomic E-state index is 0.219. The molecule has 32 heavy (non-hydrogen) atoms. The van der Waals surface area contributed by atoms with Crippen LogP contribution in [-0.4, -0.2) is 36.6 Å². The summed E-state index contributed by atoms with van der Waals surface area (Å²) in [6.07, 6.45) is 0.789. The van der Waals surface area contributed by atoms with Crippen LogP contribution in [0.15, 0.2) is 48.5 Å². The SMILES string of the molecule is CC(C)(C)OC(=O)N[C@@H](Cc1ccccc1)[C@H]1C[C@@H](Cc2ccc3c(c2)OCO3)OC1=O. The molecule has 7 nitrogen and oxygen atoms in total. The van der Waals surface area contributed by atoms with Crippen LogP contribution in [0.3, 0.4) is 0 Å². The molecule has 0 unspecified atom stereocenters. The van der Waals surface area contributed by atoms with E-state index in [9.17, 15) is 9.59 Å². The summed E-state index contributed by atoms with van der Waals surface area (Å²) in [6.45, 7) is 5.65. The second kappa shape index (κ2) is 9.10. The molecule has 2 aliphatic heterocycles. The summed E-state index contributed by atoms with van der Waals surface area (Å²) in [7, 11) is 0. The Morgan fingerprint density at radius 3 is 2.59 bits per heavy atom. The lowest BCUT2D eigenvalue weighted by atomic mass is 9.89. The molecular formula is C25H29NO6. The monoisotopic (exact) mass is 439 g/mol. The molecule has 7 heteroatoms. The number of cyclic esters (lactones) is 1. The van der Waals surface area contributed by atoms with Gasteiger partial charge in [-0.1, -0.05) is 36.4 Å². The smallest absolute Gasteiger partial charge is 0.407 e. The maximum absolute atomic E-state index is 12.8. The Hall–Kier alpha value is -3.22. The van der Waals surface area contributed by atoms with E-state index in [4.69, 9.17) is 18.9 Å². The van der Waals surface area contributed by atoms with E-state index in [2.05, 4.69) is 5.32 Å². The van der Waals surface area contributed by atoms with Crippen molar-refractivity contribution >= 4 is 12.1 Å². The van der Waals surface area contributed by atoms with E-state index in [-0.39, 0.29) is 18.9 Å². The number of rotatable bonds is 6. The molecule has 1 amide bonds. The number of amides is 1. The zero-order chi connectivity index (χ0) is 22.7. The maximum Gasteiger partial charge on any atom is 0.407 e. The molecule has 0 aliphatic carbocycles. The molecule has 0 aromatic heterocycles. The van der Waals surface area contributed by atoms with Crippen molar-refractivity contribution in [3.63, 3.8) is 0 Å². The molecular weight excluding hydrogens is 410 g/mol. The van der Waals surface area contributed by atoms with Crippen molar-refractivity contribution in [1.82, 2.24) is 5.32 Å². The predicted molar refractivity (Wildman–Crippen MR) is 118 cm³/mol. The molecule has 3 atom stereocenters. The summed E-state index contributed by atoms with van der Waals surface area (Å²) < 4.78 is 21.9. The predicted octanol–water partition coefficient (Wildman–Crippen LogP) is 4.03. The highest BCUT2D eigenvalue weighted by Gasteiger charge is 2.41. The fourth-order valence-corrected chi connectivity index (χ4v) is 4.08. The van der Waals surface area contributed by atoms with Crippen LogP contribution >= 0.6 is 0 Å². The summed E-state index contributed by atoms with van der Waals surface area (Å²) in [5, 5.41) is 2.91. The lowest BCUT2D eigenvalue weighted by molar-refractivity contribution is -0.144. The number of hydrogen-bond donors (Lipinski definition) is 1. The van der Waals surface area contributed by atoms with E-state index < -0.39 is 23.7 Å². The standard InChI is InChI=1S/C25H29NO6/c1-25(2,3)32-24(28)26-20(12-16-7-5-4-6-8-16)19-14-18(31-23(19)27)11-17-9-10-21-22(13-17)30-15-29-21/h4-10,13,18-20H,11-12,14-15H2,1-3H3,(H,26,28)/t18-,19-,20+/m1/s1. The maximum atomic E-state index is 12.8. The van der Waals surface area contributed by atoms with Gasteiger partial charge in [0.1, 0.15) is 11.7 Å². The average molecular weight is 440 g/mol. The lowest BCUT2D eigenvalue weighted by Crippen LogP contribution is -2.45. The van der Waals surface area contributed by atoms with Gasteiger partial charge in [-0.25, -0.2) is 4.79 Å². The summed E-state index contributed by atoms with van der Waals surface area (Å²) in [6, 6.07) is 15.1. The highest BCUT2D eigenvalue weighted by Crippen LogP contribution is 2.34. The highest BCUT2D eigenvalue weighted by atomic mass is 16.7. The highest BCUT2D eigenvalue weighted by molar-refractivity contribution is 5.77. The van der Waals surface area contributed by atoms with Crippen LogP contribution in [0.25, 0.3) is 0 Å². The van der Waals surface area contributed by atoms with Crippen LogP contribution in [0.1, 0.15) is 38.3 Å². The quantitative estimate of drug-likeness (QED) is 0.685. The van der Waals surface area contributed by atoms with Crippen molar-refractivity contribution in [2.75, 3.05) is 6.79 Å². The first-order valence-electron chi connectivity index (χ1n) is 10.9. The van der Waals surface area contributed by atoms with Gasteiger partial charge in [0.05, 0.1) is 5.92 Å². The van der Waals surface area contributed by atoms with E-state index in [1.54, 1.807) is 0 Å². The number of nitrogens with one attached hydrogen (secondary N) is 1. The molecule has 0 radical (unpaired) electrons. The fraction of sp³-hybridized carbons (Fsp3) is 0.440. The third-order valence-electron chi connectivity index (χ3n) is 5.49. The molecule has 1 saturated heterocycles. The minimum atomic E-state index is -0.626. The number of benzene rings is 2. The summed E-state index contributed by atoms with van der Waals surface area (Å²) in [4.78, 5) is 25.3. The van der Waals surface area contributed by atoms with E-state index in [1.165, 1.54) is 0 Å². The van der Waals surface area contributed by atoms with Gasteiger partial charge >= 0.3 is 12.1 Å². The van der Waals surface area contributed by atoms with Gasteiger partial charge in [-0.2, -0.15) is 0 Å². The van der Waals surface area contributed by atoms with Crippen molar-refractivity contribution < 1.29 is 28.5 Å². The lowest BCUT2D eigenvalue weighted by Gasteiger charge is -2.26. The molecule has 1 fully saturated rings. The van der Waals surface area contributed by atoms with E-state index in [0.717, 1.165) is 16.9 Å². The van der Waals surface area contributed by atoms with Crippen LogP contribution < -0.4 is 14.8 Å². The topological polar surface area (TPSA) is 83.1 Å². The van der Waals surface area contributed by atoms with Crippen molar-refractivity contribution in [3.8, 4) is 11.5 Å². The van der Waals surface area contributed by atoms with Gasteiger partial charge in [0, 0.05) is 12.5 Å². The molecule has 170 valence electrons. The second-order valence-corrected chi connectivity index (χ2v) is 9.24. The summed E-state index contributed by atoms with van der Waals surface area (Å²) in [5.41, 5.74) is 1.41. The Balaban J connectivity index is 1.46. The molecule has 4 rings (SSSR count). The Bertz CT molecular complexity index is 968. The van der Waals surface area contributed by atoms with Gasteiger partial charge in [-0.15, -0.1) is 0 Å². The molecule has 1 N–H and O–H groups in total. The number of carbonyl (C=O) groups excluding carboxylic acids is 2. The van der Waals surface area contributed by atoms with Crippen LogP contribution in [0.2, 0.25) is 0 Å². The first-order valence-corrected chi connectivity index (χ1v) is 10.9. The molecule has 2 aromatic rings. The third kappa shape index (κ3) is 5.52. The molecule has 2 aliphatic rings. The molecule has 0 bridgehead atoms. The largest absolute Gasteiger partial charge is 0.462 e. The number of ether oxygens (including phenoxy) is 4. The number of esters is 1. The van der Waals surface area contributed by atoms with Crippen LogP contribution in [0.5, 0.6) is 11.5 Å². The first-order chi connectivity index (χ1) is 15.3. The Labute approximate surface area is 188 Å². The number of alkyl carbamates (subject to hydrolysis) is 1. The summed E-state index contributed by atoms with van der Waals surface area (Å²) >= 11 is 0. The Kier molecular flexibility index (Phi) is 6.26. The zero-order valence-corrected chi connectivity index (χ0v) is 18.6. The second-order valence-electron chi connectivity index (χ2n) is 9.24. The van der Waals surface area contributed by atoms with E-state index in [0.29, 0.717) is 25.0 Å². The zero-order valence-electron chi connectivity index (χ0n) is 18.6. The average Bonchev–Trinajstić information content (AvgIpc) is 3.32. The molecule has 2 aromatic carbocycles. The van der Waals surface area contributed by atoms with Gasteiger partial charge in [-0.3, -0.25) is 4.79 Å². The molecule has 0 spiro atoms.